The van der Waals surface area contributed by atoms with E-state index in [1.165, 1.54) is 10.6 Å². The van der Waals surface area contributed by atoms with E-state index < -0.39 is 5.91 Å². The van der Waals surface area contributed by atoms with E-state index in [2.05, 4.69) is 5.32 Å². The number of amides is 1. The van der Waals surface area contributed by atoms with Gasteiger partial charge in [0.25, 0.3) is 11.5 Å². The van der Waals surface area contributed by atoms with Gasteiger partial charge in [-0.2, -0.15) is 0 Å². The van der Waals surface area contributed by atoms with Crippen LogP contribution < -0.4 is 20.3 Å². The van der Waals surface area contributed by atoms with Crippen LogP contribution in [0.5, 0.6) is 11.5 Å². The Kier molecular flexibility index (Phi) is 6.11. The van der Waals surface area contributed by atoms with Crippen LogP contribution >= 0.6 is 0 Å². The minimum absolute atomic E-state index is 0.0664. The molecule has 0 saturated heterocycles. The minimum atomic E-state index is -0.475. The van der Waals surface area contributed by atoms with E-state index in [0.717, 1.165) is 5.56 Å². The van der Waals surface area contributed by atoms with Gasteiger partial charge in [-0.25, -0.2) is 0 Å². The van der Waals surface area contributed by atoms with Gasteiger partial charge in [-0.3, -0.25) is 9.59 Å². The van der Waals surface area contributed by atoms with E-state index >= 15 is 0 Å². The number of ether oxygens (including phenoxy) is 2. The first-order valence-electron chi connectivity index (χ1n) is 8.98. The molecule has 3 rings (SSSR count). The van der Waals surface area contributed by atoms with E-state index in [0.29, 0.717) is 30.3 Å². The summed E-state index contributed by atoms with van der Waals surface area (Å²) in [6.07, 6.45) is 1.66. The van der Waals surface area contributed by atoms with Gasteiger partial charge in [0.2, 0.25) is 0 Å². The summed E-state index contributed by atoms with van der Waals surface area (Å²) < 4.78 is 12.2. The Bertz CT molecular complexity index is 1030. The number of benzene rings is 2. The number of pyridine rings is 1. The maximum Gasteiger partial charge on any atom is 0.263 e. The fourth-order valence-corrected chi connectivity index (χ4v) is 2.84. The van der Waals surface area contributed by atoms with Crippen LogP contribution in [0.1, 0.15) is 22.8 Å². The lowest BCUT2D eigenvalue weighted by molar-refractivity contribution is 0.102. The predicted octanol–water partition coefficient (Wildman–Crippen LogP) is 3.56. The van der Waals surface area contributed by atoms with E-state index in [1.54, 1.807) is 37.6 Å². The summed E-state index contributed by atoms with van der Waals surface area (Å²) in [5, 5.41) is 2.76. The van der Waals surface area contributed by atoms with E-state index in [4.69, 9.17) is 9.47 Å². The molecule has 0 aliphatic carbocycles. The zero-order valence-electron chi connectivity index (χ0n) is 15.8. The molecule has 0 saturated carbocycles. The largest absolute Gasteiger partial charge is 0.497 e. The van der Waals surface area contributed by atoms with Crippen LogP contribution in [0, 0.1) is 0 Å². The number of carbonyl (C=O) groups excluding carboxylic acids is 1. The Balaban J connectivity index is 1.84. The summed E-state index contributed by atoms with van der Waals surface area (Å²) >= 11 is 0. The Morgan fingerprint density at radius 2 is 1.89 bits per heavy atom. The topological polar surface area (TPSA) is 69.6 Å². The highest BCUT2D eigenvalue weighted by atomic mass is 16.5. The van der Waals surface area contributed by atoms with Crippen molar-refractivity contribution in [3.63, 3.8) is 0 Å². The highest BCUT2D eigenvalue weighted by molar-refractivity contribution is 6.04. The van der Waals surface area contributed by atoms with Crippen LogP contribution in [0.4, 0.5) is 5.69 Å². The molecule has 0 aliphatic rings. The van der Waals surface area contributed by atoms with Gasteiger partial charge in [0.1, 0.15) is 17.1 Å². The van der Waals surface area contributed by atoms with Crippen molar-refractivity contribution in [1.29, 1.82) is 0 Å². The van der Waals surface area contributed by atoms with Crippen molar-refractivity contribution in [1.82, 2.24) is 4.57 Å². The Morgan fingerprint density at radius 3 is 2.68 bits per heavy atom. The summed E-state index contributed by atoms with van der Waals surface area (Å²) in [6, 6.07) is 17.8. The molecule has 0 bridgehead atoms. The standard InChI is InChI=1S/C22H22N2O4/c1-3-28-20-12-5-4-11-19(20)23-21(25)18-10-7-13-24(22(18)26)15-16-8-6-9-17(14-16)27-2/h4-14H,3,15H2,1-2H3,(H,23,25). The number of methoxy groups -OCH3 is 1. The molecular weight excluding hydrogens is 356 g/mol. The molecule has 1 N–H and O–H groups in total. The fraction of sp³-hybridized carbons (Fsp3) is 0.182. The molecule has 6 nitrogen and oxygen atoms in total. The zero-order chi connectivity index (χ0) is 19.9. The third kappa shape index (κ3) is 4.40. The van der Waals surface area contributed by atoms with Crippen LogP contribution in [-0.4, -0.2) is 24.2 Å². The monoisotopic (exact) mass is 378 g/mol. The smallest absolute Gasteiger partial charge is 0.263 e. The Hall–Kier alpha value is -3.54. The van der Waals surface area contributed by atoms with Gasteiger partial charge in [0.15, 0.2) is 0 Å². The van der Waals surface area contributed by atoms with Crippen LogP contribution in [0.25, 0.3) is 0 Å². The highest BCUT2D eigenvalue weighted by Gasteiger charge is 2.14. The van der Waals surface area contributed by atoms with Gasteiger partial charge in [0.05, 0.1) is 25.9 Å². The van der Waals surface area contributed by atoms with Gasteiger partial charge in [-0.1, -0.05) is 24.3 Å². The molecule has 1 aromatic heterocycles. The van der Waals surface area contributed by atoms with Crippen molar-refractivity contribution in [3.05, 3.63) is 88.3 Å². The Morgan fingerprint density at radius 1 is 1.07 bits per heavy atom. The molecule has 0 unspecified atom stereocenters. The van der Waals surface area contributed by atoms with Crippen molar-refractivity contribution in [2.45, 2.75) is 13.5 Å². The quantitative estimate of drug-likeness (QED) is 0.683. The Labute approximate surface area is 163 Å². The molecule has 144 valence electrons. The molecular formula is C22H22N2O4. The highest BCUT2D eigenvalue weighted by Crippen LogP contribution is 2.24. The average molecular weight is 378 g/mol. The number of aromatic nitrogens is 1. The number of rotatable bonds is 7. The molecule has 0 aliphatic heterocycles. The molecule has 2 aromatic carbocycles. The van der Waals surface area contributed by atoms with Crippen LogP contribution in [0.3, 0.4) is 0 Å². The van der Waals surface area contributed by atoms with Gasteiger partial charge in [-0.15, -0.1) is 0 Å². The van der Waals surface area contributed by atoms with Crippen molar-refractivity contribution >= 4 is 11.6 Å². The number of nitrogens with zero attached hydrogens (tertiary/aromatic N) is 1. The summed E-state index contributed by atoms with van der Waals surface area (Å²) in [6.45, 7) is 2.69. The number of anilines is 1. The van der Waals surface area contributed by atoms with Crippen molar-refractivity contribution < 1.29 is 14.3 Å². The van der Waals surface area contributed by atoms with Gasteiger partial charge in [-0.05, 0) is 48.9 Å². The molecule has 0 spiro atoms. The first-order chi connectivity index (χ1) is 13.6. The molecule has 0 fully saturated rings. The summed E-state index contributed by atoms with van der Waals surface area (Å²) in [4.78, 5) is 25.5. The third-order valence-corrected chi connectivity index (χ3v) is 4.19. The molecule has 3 aromatic rings. The van der Waals surface area contributed by atoms with Crippen LogP contribution in [-0.2, 0) is 6.54 Å². The molecule has 0 radical (unpaired) electrons. The lowest BCUT2D eigenvalue weighted by Crippen LogP contribution is -2.29. The fourth-order valence-electron chi connectivity index (χ4n) is 2.84. The summed E-state index contributed by atoms with van der Waals surface area (Å²) in [7, 11) is 1.59. The first kappa shape index (κ1) is 19.2. The molecule has 6 heteroatoms. The summed E-state index contributed by atoms with van der Waals surface area (Å²) in [5.74, 6) is 0.801. The van der Waals surface area contributed by atoms with E-state index in [9.17, 15) is 9.59 Å². The second-order valence-electron chi connectivity index (χ2n) is 6.09. The van der Waals surface area contributed by atoms with Crippen LogP contribution in [0.2, 0.25) is 0 Å². The minimum Gasteiger partial charge on any atom is -0.497 e. The number of nitrogens with one attached hydrogen (secondary N) is 1. The maximum absolute atomic E-state index is 12.8. The maximum atomic E-state index is 12.8. The zero-order valence-corrected chi connectivity index (χ0v) is 15.8. The SMILES string of the molecule is CCOc1ccccc1NC(=O)c1cccn(Cc2cccc(OC)c2)c1=O. The second kappa shape index (κ2) is 8.90. The third-order valence-electron chi connectivity index (χ3n) is 4.19. The van der Waals surface area contributed by atoms with E-state index in [1.807, 2.05) is 37.3 Å². The van der Waals surface area contributed by atoms with Crippen molar-refractivity contribution in [2.24, 2.45) is 0 Å². The average Bonchev–Trinajstić information content (AvgIpc) is 2.71. The van der Waals surface area contributed by atoms with Crippen LogP contribution in [0.15, 0.2) is 71.7 Å². The van der Waals surface area contributed by atoms with Gasteiger partial charge in [0, 0.05) is 6.20 Å². The normalized spacial score (nSPS) is 10.4. The number of hydrogen-bond acceptors (Lipinski definition) is 4. The number of para-hydroxylation sites is 2. The lowest BCUT2D eigenvalue weighted by atomic mass is 10.2. The van der Waals surface area contributed by atoms with Crippen molar-refractivity contribution in [3.8, 4) is 11.5 Å². The predicted molar refractivity (Wildman–Crippen MR) is 108 cm³/mol. The molecule has 0 atom stereocenters. The second-order valence-corrected chi connectivity index (χ2v) is 6.09. The van der Waals surface area contributed by atoms with Gasteiger partial charge >= 0.3 is 0 Å². The van der Waals surface area contributed by atoms with Gasteiger partial charge < -0.3 is 19.4 Å². The molecule has 28 heavy (non-hydrogen) atoms. The lowest BCUT2D eigenvalue weighted by Gasteiger charge is -2.12. The first-order valence-corrected chi connectivity index (χ1v) is 8.98. The molecule has 1 heterocycles. The van der Waals surface area contributed by atoms with Crippen molar-refractivity contribution in [2.75, 3.05) is 19.0 Å². The molecule has 1 amide bonds. The number of carbonyl (C=O) groups is 1. The van der Waals surface area contributed by atoms with E-state index in [-0.39, 0.29) is 11.1 Å². The number of hydrogen-bond donors (Lipinski definition) is 1. The summed E-state index contributed by atoms with van der Waals surface area (Å²) in [5.41, 5.74) is 1.13.